The van der Waals surface area contributed by atoms with E-state index in [9.17, 15) is 0 Å². The van der Waals surface area contributed by atoms with Crippen LogP contribution in [0.2, 0.25) is 5.02 Å². The van der Waals surface area contributed by atoms with Gasteiger partial charge in [-0.1, -0.05) is 25.4 Å². The minimum absolute atomic E-state index is 0.0281. The Hall–Kier alpha value is -0.780. The van der Waals surface area contributed by atoms with Crippen molar-refractivity contribution in [2.24, 2.45) is 0 Å². The van der Waals surface area contributed by atoms with Gasteiger partial charge in [0.2, 0.25) is 0 Å². The zero-order chi connectivity index (χ0) is 13.8. The number of aromatic nitrogens is 2. The summed E-state index contributed by atoms with van der Waals surface area (Å²) in [5, 5.41) is 8.45. The first kappa shape index (κ1) is 14.6. The average Bonchev–Trinajstić information content (AvgIpc) is 2.95. The minimum Gasteiger partial charge on any atom is -0.457 e. The van der Waals surface area contributed by atoms with Crippen LogP contribution < -0.4 is 5.32 Å². The third-order valence-electron chi connectivity index (χ3n) is 2.91. The molecule has 0 radical (unpaired) electrons. The van der Waals surface area contributed by atoms with Gasteiger partial charge >= 0.3 is 0 Å². The molecule has 104 valence electrons. The van der Waals surface area contributed by atoms with Gasteiger partial charge in [0.05, 0.1) is 29.2 Å². The summed E-state index contributed by atoms with van der Waals surface area (Å²) in [5.74, 6) is 0. The fourth-order valence-corrected chi connectivity index (χ4v) is 2.84. The highest BCUT2D eigenvalue weighted by Gasteiger charge is 2.24. The quantitative estimate of drug-likeness (QED) is 0.859. The van der Waals surface area contributed by atoms with Gasteiger partial charge < -0.3 is 9.73 Å². The number of nitrogens with zero attached hydrogens (tertiary/aromatic N) is 2. The van der Waals surface area contributed by atoms with Crippen molar-refractivity contribution < 1.29 is 4.42 Å². The Labute approximate surface area is 126 Å². The topological polar surface area (TPSA) is 43.0 Å². The Kier molecular flexibility index (Phi) is 5.07. The van der Waals surface area contributed by atoms with E-state index in [1.807, 2.05) is 10.7 Å². The molecule has 0 spiro atoms. The molecule has 0 aliphatic heterocycles. The second-order valence-corrected chi connectivity index (χ2v) is 5.37. The van der Waals surface area contributed by atoms with Gasteiger partial charge in [-0.05, 0) is 35.0 Å². The summed E-state index contributed by atoms with van der Waals surface area (Å²) in [4.78, 5) is 0. The molecule has 0 saturated heterocycles. The standard InChI is InChI=1S/C13H17BrClN3O/c1-3-6-18-12(10(15)8-17-18)11(16-4-2)9-5-7-19-13(9)14/h5,7-8,11,16H,3-4,6H2,1-2H3. The van der Waals surface area contributed by atoms with Crippen molar-refractivity contribution >= 4 is 27.5 Å². The molecular formula is C13H17BrClN3O. The average molecular weight is 347 g/mol. The van der Waals surface area contributed by atoms with E-state index in [0.717, 1.165) is 35.4 Å². The van der Waals surface area contributed by atoms with E-state index in [4.69, 9.17) is 16.0 Å². The zero-order valence-electron chi connectivity index (χ0n) is 11.0. The molecule has 0 aromatic carbocycles. The van der Waals surface area contributed by atoms with Crippen LogP contribution in [0.4, 0.5) is 0 Å². The first-order valence-corrected chi connectivity index (χ1v) is 7.53. The molecule has 0 aliphatic rings. The monoisotopic (exact) mass is 345 g/mol. The fourth-order valence-electron chi connectivity index (χ4n) is 2.12. The van der Waals surface area contributed by atoms with Crippen LogP contribution in [0.25, 0.3) is 0 Å². The lowest BCUT2D eigenvalue weighted by Gasteiger charge is -2.19. The Morgan fingerprint density at radius 2 is 2.32 bits per heavy atom. The third-order valence-corrected chi connectivity index (χ3v) is 3.84. The van der Waals surface area contributed by atoms with Crippen LogP contribution in [0.1, 0.15) is 37.6 Å². The molecule has 2 heterocycles. The number of nitrogens with one attached hydrogen (secondary N) is 1. The molecule has 0 bridgehead atoms. The number of hydrogen-bond donors (Lipinski definition) is 1. The number of halogens is 2. The largest absolute Gasteiger partial charge is 0.457 e. The maximum absolute atomic E-state index is 6.31. The second-order valence-electron chi connectivity index (χ2n) is 4.24. The molecule has 4 nitrogen and oxygen atoms in total. The highest BCUT2D eigenvalue weighted by molar-refractivity contribution is 9.10. The highest BCUT2D eigenvalue weighted by Crippen LogP contribution is 2.33. The maximum Gasteiger partial charge on any atom is 0.174 e. The van der Waals surface area contributed by atoms with Crippen molar-refractivity contribution in [3.8, 4) is 0 Å². The van der Waals surface area contributed by atoms with Crippen LogP contribution in [0.15, 0.2) is 27.6 Å². The van der Waals surface area contributed by atoms with Gasteiger partial charge in [0, 0.05) is 12.1 Å². The van der Waals surface area contributed by atoms with Gasteiger partial charge in [0.1, 0.15) is 0 Å². The lowest BCUT2D eigenvalue weighted by molar-refractivity contribution is 0.501. The molecule has 2 aromatic rings. The molecule has 19 heavy (non-hydrogen) atoms. The van der Waals surface area contributed by atoms with Crippen molar-refractivity contribution in [2.75, 3.05) is 6.54 Å². The highest BCUT2D eigenvalue weighted by atomic mass is 79.9. The molecule has 0 aliphatic carbocycles. The van der Waals surface area contributed by atoms with E-state index in [2.05, 4.69) is 40.2 Å². The first-order chi connectivity index (χ1) is 9.19. The zero-order valence-corrected chi connectivity index (χ0v) is 13.3. The van der Waals surface area contributed by atoms with Gasteiger partial charge in [-0.2, -0.15) is 5.10 Å². The predicted octanol–water partition coefficient (Wildman–Crippen LogP) is 4.00. The maximum atomic E-state index is 6.31. The van der Waals surface area contributed by atoms with Gasteiger partial charge in [0.15, 0.2) is 4.67 Å². The molecule has 1 unspecified atom stereocenters. The minimum atomic E-state index is -0.0281. The van der Waals surface area contributed by atoms with E-state index < -0.39 is 0 Å². The van der Waals surface area contributed by atoms with Gasteiger partial charge in [-0.25, -0.2) is 0 Å². The summed E-state index contributed by atoms with van der Waals surface area (Å²) in [5.41, 5.74) is 2.01. The summed E-state index contributed by atoms with van der Waals surface area (Å²) in [6, 6.07) is 1.91. The van der Waals surface area contributed by atoms with Crippen molar-refractivity contribution in [2.45, 2.75) is 32.9 Å². The first-order valence-electron chi connectivity index (χ1n) is 6.36. The summed E-state index contributed by atoms with van der Waals surface area (Å²) < 4.78 is 8.01. The van der Waals surface area contributed by atoms with Crippen molar-refractivity contribution in [1.82, 2.24) is 15.1 Å². The number of rotatable bonds is 6. The third kappa shape index (κ3) is 3.04. The molecular weight excluding hydrogens is 330 g/mol. The molecule has 0 fully saturated rings. The SMILES string of the molecule is CCCn1ncc(Cl)c1C(NCC)c1ccoc1Br. The van der Waals surface area contributed by atoms with Crippen LogP contribution in [0.3, 0.4) is 0 Å². The molecule has 6 heteroatoms. The lowest BCUT2D eigenvalue weighted by Crippen LogP contribution is -2.25. The van der Waals surface area contributed by atoms with E-state index >= 15 is 0 Å². The van der Waals surface area contributed by atoms with Crippen LogP contribution in [-0.2, 0) is 6.54 Å². The van der Waals surface area contributed by atoms with Crippen molar-refractivity contribution in [3.05, 3.63) is 39.5 Å². The Bertz CT molecular complexity index is 538. The normalized spacial score (nSPS) is 12.8. The van der Waals surface area contributed by atoms with Crippen LogP contribution in [0.5, 0.6) is 0 Å². The molecule has 2 aromatic heterocycles. The van der Waals surface area contributed by atoms with E-state index in [1.54, 1.807) is 12.5 Å². The number of hydrogen-bond acceptors (Lipinski definition) is 3. The van der Waals surface area contributed by atoms with Crippen LogP contribution >= 0.6 is 27.5 Å². The van der Waals surface area contributed by atoms with E-state index in [0.29, 0.717) is 5.02 Å². The Morgan fingerprint density at radius 1 is 1.53 bits per heavy atom. The second kappa shape index (κ2) is 6.59. The molecule has 2 rings (SSSR count). The lowest BCUT2D eigenvalue weighted by atomic mass is 10.1. The number of aryl methyl sites for hydroxylation is 1. The van der Waals surface area contributed by atoms with E-state index in [-0.39, 0.29) is 6.04 Å². The van der Waals surface area contributed by atoms with Crippen LogP contribution in [0, 0.1) is 0 Å². The smallest absolute Gasteiger partial charge is 0.174 e. The molecule has 0 amide bonds. The summed E-state index contributed by atoms with van der Waals surface area (Å²) in [7, 11) is 0. The van der Waals surface area contributed by atoms with Gasteiger partial charge in [-0.3, -0.25) is 4.68 Å². The van der Waals surface area contributed by atoms with Crippen LogP contribution in [-0.4, -0.2) is 16.3 Å². The van der Waals surface area contributed by atoms with E-state index in [1.165, 1.54) is 0 Å². The molecule has 0 saturated carbocycles. The number of furan rings is 1. The Morgan fingerprint density at radius 3 is 2.89 bits per heavy atom. The van der Waals surface area contributed by atoms with Crippen molar-refractivity contribution in [3.63, 3.8) is 0 Å². The summed E-state index contributed by atoms with van der Waals surface area (Å²) in [6.07, 6.45) is 4.37. The van der Waals surface area contributed by atoms with Gasteiger partial charge in [0.25, 0.3) is 0 Å². The van der Waals surface area contributed by atoms with Crippen molar-refractivity contribution in [1.29, 1.82) is 0 Å². The van der Waals surface area contributed by atoms with Gasteiger partial charge in [-0.15, -0.1) is 0 Å². The Balaban J connectivity index is 2.44. The summed E-state index contributed by atoms with van der Waals surface area (Å²) >= 11 is 9.74. The molecule has 1 N–H and O–H groups in total. The molecule has 1 atom stereocenters. The summed E-state index contributed by atoms with van der Waals surface area (Å²) in [6.45, 7) is 5.86. The fraction of sp³-hybridized carbons (Fsp3) is 0.462. The predicted molar refractivity (Wildman–Crippen MR) is 79.5 cm³/mol.